The fourth-order valence-corrected chi connectivity index (χ4v) is 7.73. The van der Waals surface area contributed by atoms with Gasteiger partial charge in [0, 0.05) is 41.3 Å². The minimum Gasteiger partial charge on any atom is -0.324 e. The van der Waals surface area contributed by atoms with Gasteiger partial charge in [-0.25, -0.2) is 9.29 Å². The molecule has 3 aliphatic rings. The fourth-order valence-electron chi connectivity index (χ4n) is 6.68. The van der Waals surface area contributed by atoms with E-state index in [1.807, 2.05) is 13.0 Å². The van der Waals surface area contributed by atoms with E-state index in [0.717, 1.165) is 72.8 Å². The molecule has 2 aliphatic carbocycles. The van der Waals surface area contributed by atoms with Gasteiger partial charge in [-0.3, -0.25) is 9.36 Å². The van der Waals surface area contributed by atoms with E-state index in [2.05, 4.69) is 45.6 Å². The lowest BCUT2D eigenvalue weighted by molar-refractivity contribution is -0.138. The van der Waals surface area contributed by atoms with Crippen molar-refractivity contribution in [3.05, 3.63) is 51.9 Å². The summed E-state index contributed by atoms with van der Waals surface area (Å²) in [5.41, 5.74) is -0.121. The molecule has 3 aromatic rings. The van der Waals surface area contributed by atoms with E-state index >= 15 is 0 Å². The number of hydrogen-bond donors (Lipinski definition) is 1. The van der Waals surface area contributed by atoms with Crippen LogP contribution in [0.5, 0.6) is 0 Å². The second kappa shape index (κ2) is 10.4. The average molecular weight is 572 g/mol. The first-order chi connectivity index (χ1) is 19.0. The van der Waals surface area contributed by atoms with Crippen LogP contribution in [0, 0.1) is 24.2 Å². The Hall–Kier alpha value is -2.59. The van der Waals surface area contributed by atoms with Gasteiger partial charge in [0.15, 0.2) is 0 Å². The summed E-state index contributed by atoms with van der Waals surface area (Å²) in [5.74, 6) is 1.79. The number of anilines is 2. The number of aromatic nitrogens is 3. The summed E-state index contributed by atoms with van der Waals surface area (Å²) in [5, 5.41) is 3.48. The van der Waals surface area contributed by atoms with Crippen LogP contribution in [0.1, 0.15) is 76.0 Å². The molecule has 3 fully saturated rings. The molecule has 0 radical (unpaired) electrons. The summed E-state index contributed by atoms with van der Waals surface area (Å²) >= 11 is 1.78. The summed E-state index contributed by atoms with van der Waals surface area (Å²) in [6, 6.07) is 6.81. The Morgan fingerprint density at radius 3 is 2.50 bits per heavy atom. The van der Waals surface area contributed by atoms with Gasteiger partial charge in [0.1, 0.15) is 11.2 Å². The van der Waals surface area contributed by atoms with Crippen LogP contribution in [-0.2, 0) is 6.18 Å². The largest absolute Gasteiger partial charge is 0.421 e. The van der Waals surface area contributed by atoms with E-state index in [1.54, 1.807) is 11.9 Å². The highest BCUT2D eigenvalue weighted by atomic mass is 32.2. The molecule has 1 spiro atoms. The second-order valence-electron chi connectivity index (χ2n) is 12.2. The first-order valence-electron chi connectivity index (χ1n) is 14.3. The number of halogens is 3. The van der Waals surface area contributed by atoms with Crippen molar-refractivity contribution in [2.75, 3.05) is 18.4 Å². The molecule has 10 heteroatoms. The standard InChI is InChI=1S/C30H36F3N5OS/c1-18(2)20-8-13-37(14-9-20)40-22-6-7-24(19(3)15-22)35-28-34-17-21-16-23(30(31,32)33)27(39)38(26(21)36-28)25-5-4-10-29(25)11-12-29/h6-7,15-18,20,25H,4-5,8-14H2,1-3H3,(H,34,35,36). The number of aryl methyl sites for hydroxylation is 1. The van der Waals surface area contributed by atoms with E-state index in [-0.39, 0.29) is 28.4 Å². The third kappa shape index (κ3) is 5.24. The van der Waals surface area contributed by atoms with Crippen molar-refractivity contribution in [3.8, 4) is 0 Å². The van der Waals surface area contributed by atoms with Crippen LogP contribution in [0.25, 0.3) is 11.0 Å². The summed E-state index contributed by atoms with van der Waals surface area (Å²) in [6.45, 7) is 8.78. The van der Waals surface area contributed by atoms with E-state index in [4.69, 9.17) is 0 Å². The number of nitrogens with one attached hydrogen (secondary N) is 1. The molecular formula is C30H36F3N5OS. The van der Waals surface area contributed by atoms with E-state index in [0.29, 0.717) is 6.42 Å². The molecular weight excluding hydrogens is 535 g/mol. The second-order valence-corrected chi connectivity index (χ2v) is 13.3. The fraction of sp³-hybridized carbons (Fsp3) is 0.567. The quantitative estimate of drug-likeness (QED) is 0.305. The number of piperidine rings is 1. The molecule has 3 heterocycles. The Bertz CT molecular complexity index is 1470. The predicted octanol–water partition coefficient (Wildman–Crippen LogP) is 7.74. The smallest absolute Gasteiger partial charge is 0.324 e. The van der Waals surface area contributed by atoms with Gasteiger partial charge in [-0.1, -0.05) is 20.3 Å². The van der Waals surface area contributed by atoms with E-state index < -0.39 is 17.3 Å². The molecule has 1 aromatic carbocycles. The lowest BCUT2D eigenvalue weighted by Gasteiger charge is -2.33. The van der Waals surface area contributed by atoms with Crippen molar-refractivity contribution in [3.63, 3.8) is 0 Å². The Morgan fingerprint density at radius 1 is 1.10 bits per heavy atom. The molecule has 214 valence electrons. The van der Waals surface area contributed by atoms with Crippen LogP contribution in [-0.4, -0.2) is 31.9 Å². The van der Waals surface area contributed by atoms with Crippen molar-refractivity contribution in [1.82, 2.24) is 18.8 Å². The minimum absolute atomic E-state index is 0.0757. The highest BCUT2D eigenvalue weighted by molar-refractivity contribution is 7.97. The van der Waals surface area contributed by atoms with Crippen LogP contribution in [0.3, 0.4) is 0 Å². The number of fused-ring (bicyclic) bond motifs is 1. The third-order valence-corrected chi connectivity index (χ3v) is 10.3. The minimum atomic E-state index is -4.74. The topological polar surface area (TPSA) is 63.1 Å². The lowest BCUT2D eigenvalue weighted by atomic mass is 9.87. The van der Waals surface area contributed by atoms with Crippen LogP contribution in [0.2, 0.25) is 0 Å². The van der Waals surface area contributed by atoms with E-state index in [1.165, 1.54) is 23.6 Å². The molecule has 1 aliphatic heterocycles. The number of hydrogen-bond acceptors (Lipinski definition) is 6. The van der Waals surface area contributed by atoms with Crippen LogP contribution in [0.15, 0.2) is 40.2 Å². The SMILES string of the molecule is Cc1cc(SN2CCC(C(C)C)CC2)ccc1Nc1ncc2cc(C(F)(F)F)c(=O)n(C3CCCC34CC4)c2n1. The molecule has 1 N–H and O–H groups in total. The number of pyridine rings is 1. The number of rotatable bonds is 6. The van der Waals surface area contributed by atoms with Crippen LogP contribution in [0.4, 0.5) is 24.8 Å². The third-order valence-electron chi connectivity index (χ3n) is 9.26. The molecule has 40 heavy (non-hydrogen) atoms. The number of benzene rings is 1. The number of nitrogens with zero attached hydrogens (tertiary/aromatic N) is 4. The highest BCUT2D eigenvalue weighted by Gasteiger charge is 2.54. The van der Waals surface area contributed by atoms with Gasteiger partial charge < -0.3 is 5.32 Å². The number of alkyl halides is 3. The zero-order valence-corrected chi connectivity index (χ0v) is 24.0. The summed E-state index contributed by atoms with van der Waals surface area (Å²) in [4.78, 5) is 23.4. The zero-order valence-electron chi connectivity index (χ0n) is 23.2. The Labute approximate surface area is 236 Å². The maximum absolute atomic E-state index is 13.8. The van der Waals surface area contributed by atoms with Gasteiger partial charge in [0.2, 0.25) is 5.95 Å². The summed E-state index contributed by atoms with van der Waals surface area (Å²) in [7, 11) is 0. The Balaban J connectivity index is 1.27. The average Bonchev–Trinajstić information content (AvgIpc) is 3.57. The zero-order chi connectivity index (χ0) is 28.2. The van der Waals surface area contributed by atoms with Crippen LogP contribution < -0.4 is 10.9 Å². The molecule has 2 aromatic heterocycles. The van der Waals surface area contributed by atoms with Crippen LogP contribution >= 0.6 is 11.9 Å². The monoisotopic (exact) mass is 571 g/mol. The summed E-state index contributed by atoms with van der Waals surface area (Å²) < 4.78 is 45.2. The molecule has 1 atom stereocenters. The Kier molecular flexibility index (Phi) is 7.14. The van der Waals surface area contributed by atoms with Crippen molar-refractivity contribution < 1.29 is 13.2 Å². The normalized spacial score (nSPS) is 21.5. The van der Waals surface area contributed by atoms with Gasteiger partial charge in [-0.05, 0) is 104 Å². The van der Waals surface area contributed by atoms with E-state index in [9.17, 15) is 18.0 Å². The summed E-state index contributed by atoms with van der Waals surface area (Å²) in [6.07, 6.45) is 3.53. The van der Waals surface area contributed by atoms with Crippen molar-refractivity contribution in [1.29, 1.82) is 0 Å². The van der Waals surface area contributed by atoms with Gasteiger partial charge in [-0.15, -0.1) is 0 Å². The first kappa shape index (κ1) is 27.6. The van der Waals surface area contributed by atoms with Gasteiger partial charge in [0.25, 0.3) is 5.56 Å². The van der Waals surface area contributed by atoms with Gasteiger partial charge in [-0.2, -0.15) is 18.2 Å². The van der Waals surface area contributed by atoms with Gasteiger partial charge >= 0.3 is 6.18 Å². The van der Waals surface area contributed by atoms with Crippen molar-refractivity contribution in [2.24, 2.45) is 17.3 Å². The maximum atomic E-state index is 13.8. The molecule has 1 saturated heterocycles. The molecule has 6 nitrogen and oxygen atoms in total. The molecule has 1 unspecified atom stereocenters. The molecule has 0 amide bonds. The van der Waals surface area contributed by atoms with Gasteiger partial charge in [0.05, 0.1) is 0 Å². The van der Waals surface area contributed by atoms with Crippen molar-refractivity contribution in [2.45, 2.75) is 82.8 Å². The van der Waals surface area contributed by atoms with Crippen molar-refractivity contribution >= 4 is 34.6 Å². The predicted molar refractivity (Wildman–Crippen MR) is 153 cm³/mol. The lowest BCUT2D eigenvalue weighted by Crippen LogP contribution is -2.34. The highest BCUT2D eigenvalue weighted by Crippen LogP contribution is 2.63. The molecule has 0 bridgehead atoms. The molecule has 2 saturated carbocycles. The maximum Gasteiger partial charge on any atom is 0.421 e. The first-order valence-corrected chi connectivity index (χ1v) is 15.1. The molecule has 6 rings (SSSR count). The Morgan fingerprint density at radius 2 is 1.85 bits per heavy atom.